The van der Waals surface area contributed by atoms with E-state index in [0.29, 0.717) is 18.0 Å². The molecule has 0 aliphatic rings. The molecule has 0 radical (unpaired) electrons. The van der Waals surface area contributed by atoms with E-state index in [4.69, 9.17) is 10.5 Å². The van der Waals surface area contributed by atoms with E-state index in [1.54, 1.807) is 24.3 Å². The molecule has 0 heterocycles. The fraction of sp³-hybridized carbons (Fsp3) is 0.133. The van der Waals surface area contributed by atoms with Gasteiger partial charge in [-0.05, 0) is 36.4 Å². The minimum atomic E-state index is -0.106. The summed E-state index contributed by atoms with van der Waals surface area (Å²) in [5.74, 6) is 0.627. The van der Waals surface area contributed by atoms with E-state index in [1.165, 1.54) is 0 Å². The molecule has 0 aliphatic heterocycles. The summed E-state index contributed by atoms with van der Waals surface area (Å²) in [5.41, 5.74) is 6.95. The third-order valence-corrected chi connectivity index (χ3v) is 3.06. The molecule has 1 amide bonds. The summed E-state index contributed by atoms with van der Waals surface area (Å²) in [5, 5.41) is 2.77. The van der Waals surface area contributed by atoms with Crippen LogP contribution < -0.4 is 15.8 Å². The van der Waals surface area contributed by atoms with Gasteiger partial charge < -0.3 is 15.8 Å². The number of nitrogens with one attached hydrogen (secondary N) is 1. The minimum absolute atomic E-state index is 0.106. The molecule has 20 heavy (non-hydrogen) atoms. The summed E-state index contributed by atoms with van der Waals surface area (Å²) >= 11 is 3.36. The van der Waals surface area contributed by atoms with Crippen molar-refractivity contribution in [2.75, 3.05) is 17.7 Å². The number of benzene rings is 2. The molecule has 2 aromatic carbocycles. The Morgan fingerprint density at radius 3 is 2.75 bits per heavy atom. The Balaban J connectivity index is 1.78. The summed E-state index contributed by atoms with van der Waals surface area (Å²) < 4.78 is 6.45. The van der Waals surface area contributed by atoms with Crippen molar-refractivity contribution in [1.29, 1.82) is 0 Å². The number of hydrogen-bond donors (Lipinski definition) is 2. The van der Waals surface area contributed by atoms with Crippen molar-refractivity contribution >= 4 is 33.2 Å². The van der Waals surface area contributed by atoms with Crippen LogP contribution in [-0.2, 0) is 4.79 Å². The molecule has 5 heteroatoms. The first-order valence-corrected chi connectivity index (χ1v) is 6.96. The Labute approximate surface area is 126 Å². The first-order chi connectivity index (χ1) is 9.63. The van der Waals surface area contributed by atoms with E-state index in [0.717, 1.165) is 10.2 Å². The maximum absolute atomic E-state index is 11.7. The Bertz CT molecular complexity index is 602. The van der Waals surface area contributed by atoms with Gasteiger partial charge in [-0.25, -0.2) is 0 Å². The summed E-state index contributed by atoms with van der Waals surface area (Å²) in [6, 6.07) is 14.6. The maximum Gasteiger partial charge on any atom is 0.227 e. The first kappa shape index (κ1) is 14.4. The molecular weight excluding hydrogens is 320 g/mol. The van der Waals surface area contributed by atoms with Crippen LogP contribution >= 0.6 is 15.9 Å². The lowest BCUT2D eigenvalue weighted by Gasteiger charge is -2.08. The number of carbonyl (C=O) groups is 1. The molecule has 3 N–H and O–H groups in total. The van der Waals surface area contributed by atoms with Crippen LogP contribution in [0, 0.1) is 0 Å². The minimum Gasteiger partial charge on any atom is -0.493 e. The molecule has 0 fully saturated rings. The van der Waals surface area contributed by atoms with Crippen LogP contribution in [0.1, 0.15) is 6.42 Å². The topological polar surface area (TPSA) is 64.3 Å². The number of amides is 1. The van der Waals surface area contributed by atoms with Crippen molar-refractivity contribution in [3.8, 4) is 5.75 Å². The van der Waals surface area contributed by atoms with E-state index >= 15 is 0 Å². The number of nitrogen functional groups attached to an aromatic ring is 1. The van der Waals surface area contributed by atoms with Gasteiger partial charge in [0.05, 0.1) is 13.0 Å². The third kappa shape index (κ3) is 4.59. The Hall–Kier alpha value is -2.01. The molecule has 0 aromatic heterocycles. The monoisotopic (exact) mass is 334 g/mol. The molecule has 2 rings (SSSR count). The Kier molecular flexibility index (Phi) is 5.01. The second kappa shape index (κ2) is 6.96. The van der Waals surface area contributed by atoms with Gasteiger partial charge in [-0.1, -0.05) is 28.1 Å². The molecule has 2 aromatic rings. The van der Waals surface area contributed by atoms with Crippen molar-refractivity contribution in [3.63, 3.8) is 0 Å². The zero-order chi connectivity index (χ0) is 14.4. The van der Waals surface area contributed by atoms with E-state index in [2.05, 4.69) is 21.2 Å². The van der Waals surface area contributed by atoms with Crippen LogP contribution in [0.15, 0.2) is 53.0 Å². The van der Waals surface area contributed by atoms with Crippen LogP contribution in [0.4, 0.5) is 11.4 Å². The summed E-state index contributed by atoms with van der Waals surface area (Å²) in [6.07, 6.45) is 0.279. The SMILES string of the molecule is Nc1cccc(NC(=O)CCOc2cccc(Br)c2)c1. The maximum atomic E-state index is 11.7. The molecule has 0 bridgehead atoms. The molecule has 0 aliphatic carbocycles. The molecular formula is C15H15BrN2O2. The number of anilines is 2. The van der Waals surface area contributed by atoms with Crippen LogP contribution in [0.25, 0.3) is 0 Å². The van der Waals surface area contributed by atoms with Gasteiger partial charge in [0.25, 0.3) is 0 Å². The lowest BCUT2D eigenvalue weighted by atomic mass is 10.3. The van der Waals surface area contributed by atoms with Crippen molar-refractivity contribution in [3.05, 3.63) is 53.0 Å². The smallest absolute Gasteiger partial charge is 0.227 e. The van der Waals surface area contributed by atoms with E-state index in [1.807, 2.05) is 24.3 Å². The second-order valence-electron chi connectivity index (χ2n) is 4.23. The van der Waals surface area contributed by atoms with Crippen LogP contribution in [-0.4, -0.2) is 12.5 Å². The summed E-state index contributed by atoms with van der Waals surface area (Å²) in [4.78, 5) is 11.7. The van der Waals surface area contributed by atoms with Gasteiger partial charge in [-0.2, -0.15) is 0 Å². The van der Waals surface area contributed by atoms with Gasteiger partial charge in [0, 0.05) is 15.8 Å². The quantitative estimate of drug-likeness (QED) is 0.823. The summed E-state index contributed by atoms with van der Waals surface area (Å²) in [6.45, 7) is 0.324. The number of nitrogens with two attached hydrogens (primary N) is 1. The highest BCUT2D eigenvalue weighted by molar-refractivity contribution is 9.10. The zero-order valence-electron chi connectivity index (χ0n) is 10.8. The Morgan fingerprint density at radius 1 is 1.20 bits per heavy atom. The molecule has 4 nitrogen and oxygen atoms in total. The van der Waals surface area contributed by atoms with Crippen LogP contribution in [0.2, 0.25) is 0 Å². The van der Waals surface area contributed by atoms with Crippen molar-refractivity contribution in [1.82, 2.24) is 0 Å². The van der Waals surface area contributed by atoms with Crippen LogP contribution in [0.3, 0.4) is 0 Å². The number of carbonyl (C=O) groups excluding carboxylic acids is 1. The largest absolute Gasteiger partial charge is 0.493 e. The number of halogens is 1. The van der Waals surface area contributed by atoms with Gasteiger partial charge in [0.15, 0.2) is 0 Å². The predicted octanol–water partition coefficient (Wildman–Crippen LogP) is 3.44. The lowest BCUT2D eigenvalue weighted by molar-refractivity contribution is -0.116. The van der Waals surface area contributed by atoms with Gasteiger partial charge in [0.2, 0.25) is 5.91 Å². The number of hydrogen-bond acceptors (Lipinski definition) is 3. The highest BCUT2D eigenvalue weighted by atomic mass is 79.9. The van der Waals surface area contributed by atoms with Gasteiger partial charge >= 0.3 is 0 Å². The zero-order valence-corrected chi connectivity index (χ0v) is 12.4. The molecule has 0 atom stereocenters. The normalized spacial score (nSPS) is 10.1. The van der Waals surface area contributed by atoms with Gasteiger partial charge in [0.1, 0.15) is 5.75 Å². The van der Waals surface area contributed by atoms with E-state index in [9.17, 15) is 4.79 Å². The lowest BCUT2D eigenvalue weighted by Crippen LogP contribution is -2.15. The molecule has 0 saturated carbocycles. The predicted molar refractivity (Wildman–Crippen MR) is 83.7 cm³/mol. The highest BCUT2D eigenvalue weighted by Crippen LogP contribution is 2.18. The van der Waals surface area contributed by atoms with Crippen molar-refractivity contribution in [2.45, 2.75) is 6.42 Å². The van der Waals surface area contributed by atoms with Gasteiger partial charge in [-0.15, -0.1) is 0 Å². The molecule has 0 saturated heterocycles. The Morgan fingerprint density at radius 2 is 2.00 bits per heavy atom. The van der Waals surface area contributed by atoms with E-state index < -0.39 is 0 Å². The molecule has 0 spiro atoms. The first-order valence-electron chi connectivity index (χ1n) is 6.17. The van der Waals surface area contributed by atoms with Gasteiger partial charge in [-0.3, -0.25) is 4.79 Å². The standard InChI is InChI=1S/C15H15BrN2O2/c16-11-3-1-6-14(9-11)20-8-7-15(19)18-13-5-2-4-12(17)10-13/h1-6,9-10H,7-8,17H2,(H,18,19). The average molecular weight is 335 g/mol. The third-order valence-electron chi connectivity index (χ3n) is 2.56. The number of rotatable bonds is 5. The van der Waals surface area contributed by atoms with Crippen molar-refractivity contribution < 1.29 is 9.53 Å². The van der Waals surface area contributed by atoms with Crippen LogP contribution in [0.5, 0.6) is 5.75 Å². The molecule has 0 unspecified atom stereocenters. The van der Waals surface area contributed by atoms with Crippen molar-refractivity contribution in [2.24, 2.45) is 0 Å². The van der Waals surface area contributed by atoms with E-state index in [-0.39, 0.29) is 12.3 Å². The summed E-state index contributed by atoms with van der Waals surface area (Å²) in [7, 11) is 0. The molecule has 104 valence electrons. The second-order valence-corrected chi connectivity index (χ2v) is 5.15. The fourth-order valence-electron chi connectivity index (χ4n) is 1.66. The average Bonchev–Trinajstić information content (AvgIpc) is 2.38. The number of ether oxygens (including phenoxy) is 1. The highest BCUT2D eigenvalue weighted by Gasteiger charge is 2.03. The fourth-order valence-corrected chi connectivity index (χ4v) is 2.04.